The quantitative estimate of drug-likeness (QED) is 0.120. The first-order chi connectivity index (χ1) is 21.2. The summed E-state index contributed by atoms with van der Waals surface area (Å²) in [6.45, 7) is 3.34. The van der Waals surface area contributed by atoms with Gasteiger partial charge in [0, 0.05) is 11.1 Å². The number of aliphatic hydroxyl groups is 1. The van der Waals surface area contributed by atoms with Crippen LogP contribution < -0.4 is 9.64 Å². The molecule has 1 fully saturated rings. The van der Waals surface area contributed by atoms with Gasteiger partial charge < -0.3 is 9.84 Å². The normalized spacial score (nSPS) is 18.6. The zero-order chi connectivity index (χ0) is 32.1. The van der Waals surface area contributed by atoms with Crippen LogP contribution in [0.5, 0.6) is 5.75 Å². The lowest BCUT2D eigenvalue weighted by Gasteiger charge is -2.36. The van der Waals surface area contributed by atoms with E-state index in [1.807, 2.05) is 24.3 Å². The molecule has 232 valence electrons. The number of aryl methyl sites for hydroxylation is 2. The average molecular weight is 644 g/mol. The number of hydrogen-bond donors (Lipinski definition) is 1. The maximum Gasteiger partial charge on any atom is 0.573 e. The molecule has 6 rings (SSSR count). The maximum absolute atomic E-state index is 14.1. The Morgan fingerprint density at radius 1 is 0.956 bits per heavy atom. The standard InChI is InChI=1S/C31H23F6N5O2S/c1-18-4-3-5-19(2)27(18)42-28(45-16-29(42,43)30(32,33)34)40-39-15-20-6-12-24-21(14-20)7-13-25-26(24)38-17-41(25)22-8-10-23(11-9-22)44-31(35,36)37/h3-15,17,43H,16H2,1-2H3. The molecule has 0 radical (unpaired) electrons. The summed E-state index contributed by atoms with van der Waals surface area (Å²) in [4.78, 5) is 5.32. The summed E-state index contributed by atoms with van der Waals surface area (Å²) in [7, 11) is 0. The van der Waals surface area contributed by atoms with Crippen LogP contribution in [0.2, 0.25) is 0 Å². The average Bonchev–Trinajstić information content (AvgIpc) is 3.55. The Labute approximate surface area is 256 Å². The van der Waals surface area contributed by atoms with E-state index in [0.29, 0.717) is 27.9 Å². The zero-order valence-electron chi connectivity index (χ0n) is 23.6. The minimum atomic E-state index is -4.95. The lowest BCUT2D eigenvalue weighted by atomic mass is 10.1. The van der Waals surface area contributed by atoms with Gasteiger partial charge in [-0.25, -0.2) is 4.98 Å². The molecule has 1 atom stereocenters. The number of aromatic nitrogens is 2. The van der Waals surface area contributed by atoms with Gasteiger partial charge in [0.2, 0.25) is 0 Å². The van der Waals surface area contributed by atoms with Crippen LogP contribution in [0.1, 0.15) is 16.7 Å². The highest BCUT2D eigenvalue weighted by Gasteiger charge is 2.63. The highest BCUT2D eigenvalue weighted by molar-refractivity contribution is 8.14. The highest BCUT2D eigenvalue weighted by atomic mass is 32.2. The van der Waals surface area contributed by atoms with E-state index in [1.165, 1.54) is 30.5 Å². The Morgan fingerprint density at radius 3 is 2.33 bits per heavy atom. The van der Waals surface area contributed by atoms with Crippen LogP contribution in [0.15, 0.2) is 89.3 Å². The number of alkyl halides is 6. The van der Waals surface area contributed by atoms with Gasteiger partial charge in [-0.05, 0) is 72.3 Å². The third-order valence-electron chi connectivity index (χ3n) is 7.34. The monoisotopic (exact) mass is 643 g/mol. The molecule has 5 aromatic rings. The molecule has 0 aliphatic carbocycles. The van der Waals surface area contributed by atoms with Gasteiger partial charge in [0.05, 0.1) is 28.7 Å². The molecular formula is C31H23F6N5O2S. The van der Waals surface area contributed by atoms with Gasteiger partial charge in [0.1, 0.15) is 12.1 Å². The first-order valence-electron chi connectivity index (χ1n) is 13.4. The number of benzene rings is 4. The van der Waals surface area contributed by atoms with E-state index in [-0.39, 0.29) is 16.6 Å². The fraction of sp³-hybridized carbons (Fsp3) is 0.194. The molecule has 1 aromatic heterocycles. The van der Waals surface area contributed by atoms with Crippen molar-refractivity contribution in [1.29, 1.82) is 0 Å². The maximum atomic E-state index is 14.1. The number of rotatable bonds is 5. The lowest BCUT2D eigenvalue weighted by Crippen LogP contribution is -2.58. The van der Waals surface area contributed by atoms with Gasteiger partial charge in [0.25, 0.3) is 5.72 Å². The molecular weight excluding hydrogens is 620 g/mol. The summed E-state index contributed by atoms with van der Waals surface area (Å²) in [6.07, 6.45) is -6.75. The van der Waals surface area contributed by atoms with Crippen molar-refractivity contribution in [2.24, 2.45) is 10.2 Å². The van der Waals surface area contributed by atoms with Gasteiger partial charge >= 0.3 is 12.5 Å². The molecule has 0 bridgehead atoms. The summed E-state index contributed by atoms with van der Waals surface area (Å²) < 4.78 is 85.5. The number of ether oxygens (including phenoxy) is 1. The van der Waals surface area contributed by atoms with Crippen LogP contribution in [0.4, 0.5) is 32.0 Å². The van der Waals surface area contributed by atoms with Gasteiger partial charge in [-0.3, -0.25) is 9.47 Å². The van der Waals surface area contributed by atoms with Crippen molar-refractivity contribution >= 4 is 50.6 Å². The van der Waals surface area contributed by atoms with Gasteiger partial charge in [-0.2, -0.15) is 18.3 Å². The van der Waals surface area contributed by atoms with Crippen LogP contribution in [-0.4, -0.2) is 50.1 Å². The van der Waals surface area contributed by atoms with Crippen LogP contribution in [-0.2, 0) is 0 Å². The Kier molecular flexibility index (Phi) is 7.52. The van der Waals surface area contributed by atoms with Gasteiger partial charge in [-0.15, -0.1) is 18.3 Å². The molecule has 1 N–H and O–H groups in total. The van der Waals surface area contributed by atoms with E-state index >= 15 is 0 Å². The summed E-state index contributed by atoms with van der Waals surface area (Å²) >= 11 is 0.764. The van der Waals surface area contributed by atoms with Crippen LogP contribution >= 0.6 is 11.8 Å². The highest BCUT2D eigenvalue weighted by Crippen LogP contribution is 2.47. The lowest BCUT2D eigenvalue weighted by molar-refractivity contribution is -0.274. The smallest absolute Gasteiger partial charge is 0.406 e. The van der Waals surface area contributed by atoms with E-state index in [9.17, 15) is 31.4 Å². The van der Waals surface area contributed by atoms with Crippen LogP contribution in [0.3, 0.4) is 0 Å². The molecule has 1 saturated heterocycles. The summed E-state index contributed by atoms with van der Waals surface area (Å²) in [5.41, 5.74) is 0.757. The molecule has 2 heterocycles. The second-order valence-electron chi connectivity index (χ2n) is 10.4. The zero-order valence-corrected chi connectivity index (χ0v) is 24.4. The topological polar surface area (TPSA) is 75.2 Å². The molecule has 0 amide bonds. The largest absolute Gasteiger partial charge is 0.573 e. The molecule has 0 saturated carbocycles. The van der Waals surface area contributed by atoms with Crippen LogP contribution in [0.25, 0.3) is 27.5 Å². The second-order valence-corrected chi connectivity index (χ2v) is 11.3. The number of anilines is 1. The van der Waals surface area contributed by atoms with Crippen molar-refractivity contribution in [3.05, 3.63) is 95.8 Å². The number of halogens is 6. The Hall–Kier alpha value is -4.56. The van der Waals surface area contributed by atoms with Crippen molar-refractivity contribution in [2.75, 3.05) is 10.7 Å². The summed E-state index contributed by atoms with van der Waals surface area (Å²) in [5, 5.41) is 20.5. The molecule has 45 heavy (non-hydrogen) atoms. The first kappa shape index (κ1) is 30.5. The Bertz CT molecular complexity index is 1950. The van der Waals surface area contributed by atoms with E-state index in [0.717, 1.165) is 33.0 Å². The van der Waals surface area contributed by atoms with E-state index in [4.69, 9.17) is 0 Å². The van der Waals surface area contributed by atoms with E-state index < -0.39 is 24.0 Å². The number of thioether (sulfide) groups is 1. The number of para-hydroxylation sites is 1. The molecule has 1 aliphatic heterocycles. The molecule has 14 heteroatoms. The second kappa shape index (κ2) is 11.1. The van der Waals surface area contributed by atoms with Gasteiger partial charge in [-0.1, -0.05) is 48.2 Å². The third kappa shape index (κ3) is 5.71. The molecule has 1 aliphatic rings. The van der Waals surface area contributed by atoms with Crippen molar-refractivity contribution in [3.63, 3.8) is 0 Å². The fourth-order valence-corrected chi connectivity index (χ4v) is 6.34. The van der Waals surface area contributed by atoms with Crippen LogP contribution in [0, 0.1) is 13.8 Å². The number of nitrogens with zero attached hydrogens (tertiary/aromatic N) is 5. The minimum absolute atomic E-state index is 0.0884. The Balaban J connectivity index is 1.29. The van der Waals surface area contributed by atoms with Crippen molar-refractivity contribution in [2.45, 2.75) is 32.1 Å². The number of imidazole rings is 1. The number of fused-ring (bicyclic) bond motifs is 3. The molecule has 1 unspecified atom stereocenters. The van der Waals surface area contributed by atoms with Crippen molar-refractivity contribution in [3.8, 4) is 11.4 Å². The van der Waals surface area contributed by atoms with Crippen molar-refractivity contribution in [1.82, 2.24) is 9.55 Å². The molecule has 7 nitrogen and oxygen atoms in total. The predicted octanol–water partition coefficient (Wildman–Crippen LogP) is 7.89. The first-order valence-corrected chi connectivity index (χ1v) is 14.4. The summed E-state index contributed by atoms with van der Waals surface area (Å²) in [6, 6.07) is 19.6. The molecule has 4 aromatic carbocycles. The number of amidine groups is 1. The third-order valence-corrected chi connectivity index (χ3v) is 8.40. The fourth-order valence-electron chi connectivity index (χ4n) is 5.24. The SMILES string of the molecule is Cc1cccc(C)c1N1C(=NN=Cc2ccc3c(ccc4c3ncn4-c3ccc(OC(F)(F)F)cc3)c2)SCC1(O)C(F)(F)F. The predicted molar refractivity (Wildman–Crippen MR) is 162 cm³/mol. The van der Waals surface area contributed by atoms with E-state index in [1.54, 1.807) is 49.0 Å². The minimum Gasteiger partial charge on any atom is -0.406 e. The van der Waals surface area contributed by atoms with Gasteiger partial charge in [0.15, 0.2) is 5.17 Å². The Morgan fingerprint density at radius 2 is 1.67 bits per heavy atom. The summed E-state index contributed by atoms with van der Waals surface area (Å²) in [5.74, 6) is -0.996. The van der Waals surface area contributed by atoms with E-state index in [2.05, 4.69) is 19.9 Å². The molecule has 0 spiro atoms. The number of hydrogen-bond acceptors (Lipinski definition) is 6. The van der Waals surface area contributed by atoms with Crippen molar-refractivity contribution < 1.29 is 36.2 Å².